The molecule has 1 aromatic heterocycles. The van der Waals surface area contributed by atoms with Crippen molar-refractivity contribution in [1.29, 1.82) is 0 Å². The van der Waals surface area contributed by atoms with Crippen molar-refractivity contribution in [3.8, 4) is 11.5 Å². The van der Waals surface area contributed by atoms with Crippen LogP contribution in [0.2, 0.25) is 0 Å². The van der Waals surface area contributed by atoms with Gasteiger partial charge in [0.25, 0.3) is 0 Å². The van der Waals surface area contributed by atoms with Gasteiger partial charge in [0.1, 0.15) is 17.2 Å². The van der Waals surface area contributed by atoms with E-state index in [1.807, 2.05) is 18.2 Å². The molecule has 1 aromatic carbocycles. The normalized spacial score (nSPS) is 18.3. The minimum absolute atomic E-state index is 0.165. The van der Waals surface area contributed by atoms with Gasteiger partial charge in [-0.15, -0.1) is 0 Å². The van der Waals surface area contributed by atoms with E-state index in [4.69, 9.17) is 10.5 Å². The number of rotatable bonds is 3. The van der Waals surface area contributed by atoms with Gasteiger partial charge in [-0.05, 0) is 30.7 Å². The first kappa shape index (κ1) is 15.6. The molecular weight excluding hydrogens is 307 g/mol. The van der Waals surface area contributed by atoms with Gasteiger partial charge in [0.15, 0.2) is 0 Å². The van der Waals surface area contributed by atoms with Crippen molar-refractivity contribution in [2.45, 2.75) is 18.6 Å². The van der Waals surface area contributed by atoms with Crippen LogP contribution in [0.1, 0.15) is 12.1 Å². The van der Waals surface area contributed by atoms with Gasteiger partial charge >= 0.3 is 6.18 Å². The largest absolute Gasteiger partial charge is 0.456 e. The highest BCUT2D eigenvalue weighted by molar-refractivity contribution is 5.52. The zero-order valence-electron chi connectivity index (χ0n) is 12.3. The van der Waals surface area contributed by atoms with Gasteiger partial charge in [-0.25, -0.2) is 4.98 Å². The Bertz CT molecular complexity index is 673. The van der Waals surface area contributed by atoms with Gasteiger partial charge in [-0.2, -0.15) is 13.2 Å². The lowest BCUT2D eigenvalue weighted by atomic mass is 10.2. The molecule has 1 aliphatic heterocycles. The standard InChI is InChI=1S/C16H16F3N3O/c17-16(18,19)15-5-4-14(9-21-15)23-13-3-1-2-12(8-13)22-7-6-11(20)10-22/h1-5,8-9,11H,6-7,10,20H2. The van der Waals surface area contributed by atoms with Crippen molar-refractivity contribution < 1.29 is 17.9 Å². The summed E-state index contributed by atoms with van der Waals surface area (Å²) < 4.78 is 43.0. The molecule has 2 aromatic rings. The van der Waals surface area contributed by atoms with Crippen LogP contribution in [0.15, 0.2) is 42.6 Å². The summed E-state index contributed by atoms with van der Waals surface area (Å²) in [4.78, 5) is 5.53. The Morgan fingerprint density at radius 3 is 2.61 bits per heavy atom. The molecule has 3 rings (SSSR count). The smallest absolute Gasteiger partial charge is 0.433 e. The first-order chi connectivity index (χ1) is 10.9. The zero-order chi connectivity index (χ0) is 16.4. The maximum absolute atomic E-state index is 12.5. The number of anilines is 1. The highest BCUT2D eigenvalue weighted by Gasteiger charge is 2.32. The Balaban J connectivity index is 1.73. The Morgan fingerprint density at radius 1 is 1.17 bits per heavy atom. The molecule has 1 fully saturated rings. The SMILES string of the molecule is NC1CCN(c2cccc(Oc3ccc(C(F)(F)F)nc3)c2)C1. The molecule has 0 aliphatic carbocycles. The first-order valence-electron chi connectivity index (χ1n) is 7.23. The van der Waals surface area contributed by atoms with Gasteiger partial charge in [0.2, 0.25) is 0 Å². The second-order valence-electron chi connectivity index (χ2n) is 5.47. The molecule has 23 heavy (non-hydrogen) atoms. The molecule has 2 heterocycles. The number of nitrogens with zero attached hydrogens (tertiary/aromatic N) is 2. The fraction of sp³-hybridized carbons (Fsp3) is 0.312. The maximum atomic E-state index is 12.5. The van der Waals surface area contributed by atoms with E-state index in [0.29, 0.717) is 5.75 Å². The molecule has 1 unspecified atom stereocenters. The van der Waals surface area contributed by atoms with Crippen molar-refractivity contribution in [1.82, 2.24) is 4.98 Å². The van der Waals surface area contributed by atoms with Gasteiger partial charge in [0, 0.05) is 30.9 Å². The van der Waals surface area contributed by atoms with Crippen molar-refractivity contribution in [2.24, 2.45) is 5.73 Å². The molecule has 0 spiro atoms. The summed E-state index contributed by atoms with van der Waals surface area (Å²) >= 11 is 0. The molecular formula is C16H16F3N3O. The van der Waals surface area contributed by atoms with Crippen LogP contribution in [-0.2, 0) is 6.18 Å². The molecule has 0 bridgehead atoms. The van der Waals surface area contributed by atoms with E-state index in [-0.39, 0.29) is 11.8 Å². The molecule has 4 nitrogen and oxygen atoms in total. The third-order valence-corrected chi connectivity index (χ3v) is 3.67. The Hall–Kier alpha value is -2.28. The van der Waals surface area contributed by atoms with E-state index in [1.54, 1.807) is 6.07 Å². The number of ether oxygens (including phenoxy) is 1. The summed E-state index contributed by atoms with van der Waals surface area (Å²) in [6.45, 7) is 1.66. The van der Waals surface area contributed by atoms with E-state index in [2.05, 4.69) is 9.88 Å². The molecule has 1 saturated heterocycles. The summed E-state index contributed by atoms with van der Waals surface area (Å²) in [7, 11) is 0. The van der Waals surface area contributed by atoms with Crippen LogP contribution in [0.3, 0.4) is 0 Å². The van der Waals surface area contributed by atoms with Crippen LogP contribution in [0.5, 0.6) is 11.5 Å². The van der Waals surface area contributed by atoms with E-state index >= 15 is 0 Å². The summed E-state index contributed by atoms with van der Waals surface area (Å²) in [5.74, 6) is 0.804. The van der Waals surface area contributed by atoms with Crippen LogP contribution in [0, 0.1) is 0 Å². The number of hydrogen-bond acceptors (Lipinski definition) is 4. The monoisotopic (exact) mass is 323 g/mol. The fourth-order valence-electron chi connectivity index (χ4n) is 2.51. The Labute approximate surface area is 131 Å². The molecule has 0 saturated carbocycles. The summed E-state index contributed by atoms with van der Waals surface area (Å²) in [6, 6.07) is 9.71. The third kappa shape index (κ3) is 3.73. The maximum Gasteiger partial charge on any atom is 0.433 e. The van der Waals surface area contributed by atoms with Crippen LogP contribution >= 0.6 is 0 Å². The van der Waals surface area contributed by atoms with Gasteiger partial charge in [0.05, 0.1) is 6.20 Å². The summed E-state index contributed by atoms with van der Waals surface area (Å²) in [6.07, 6.45) is -2.44. The first-order valence-corrected chi connectivity index (χ1v) is 7.23. The van der Waals surface area contributed by atoms with E-state index in [0.717, 1.165) is 37.5 Å². The predicted octanol–water partition coefficient (Wildman–Crippen LogP) is 3.43. The third-order valence-electron chi connectivity index (χ3n) is 3.67. The lowest BCUT2D eigenvalue weighted by Crippen LogP contribution is -2.26. The minimum atomic E-state index is -4.45. The van der Waals surface area contributed by atoms with Crippen molar-refractivity contribution in [3.63, 3.8) is 0 Å². The number of hydrogen-bond donors (Lipinski definition) is 1. The average Bonchev–Trinajstić information content (AvgIpc) is 2.94. The second kappa shape index (κ2) is 6.08. The van der Waals surface area contributed by atoms with E-state index in [9.17, 15) is 13.2 Å². The highest BCUT2D eigenvalue weighted by Crippen LogP contribution is 2.30. The van der Waals surface area contributed by atoms with Crippen LogP contribution in [-0.4, -0.2) is 24.1 Å². The number of alkyl halides is 3. The molecule has 0 amide bonds. The molecule has 0 radical (unpaired) electrons. The molecule has 2 N–H and O–H groups in total. The second-order valence-corrected chi connectivity index (χ2v) is 5.47. The van der Waals surface area contributed by atoms with Gasteiger partial charge in [-0.3, -0.25) is 0 Å². The highest BCUT2D eigenvalue weighted by atomic mass is 19.4. The number of pyridine rings is 1. The lowest BCUT2D eigenvalue weighted by molar-refractivity contribution is -0.141. The fourth-order valence-corrected chi connectivity index (χ4v) is 2.51. The molecule has 122 valence electrons. The number of benzene rings is 1. The summed E-state index contributed by atoms with van der Waals surface area (Å²) in [5, 5.41) is 0. The van der Waals surface area contributed by atoms with Crippen molar-refractivity contribution >= 4 is 5.69 Å². The van der Waals surface area contributed by atoms with Gasteiger partial charge < -0.3 is 15.4 Å². The molecule has 1 atom stereocenters. The lowest BCUT2D eigenvalue weighted by Gasteiger charge is -2.18. The number of nitrogens with two attached hydrogens (primary N) is 1. The number of halogens is 3. The quantitative estimate of drug-likeness (QED) is 0.940. The van der Waals surface area contributed by atoms with Crippen LogP contribution < -0.4 is 15.4 Å². The van der Waals surface area contributed by atoms with Crippen LogP contribution in [0.25, 0.3) is 0 Å². The molecule has 7 heteroatoms. The average molecular weight is 323 g/mol. The zero-order valence-corrected chi connectivity index (χ0v) is 12.3. The van der Waals surface area contributed by atoms with Crippen molar-refractivity contribution in [2.75, 3.05) is 18.0 Å². The predicted molar refractivity (Wildman–Crippen MR) is 80.6 cm³/mol. The number of aromatic nitrogens is 1. The Morgan fingerprint density at radius 2 is 2.00 bits per heavy atom. The topological polar surface area (TPSA) is 51.4 Å². The van der Waals surface area contributed by atoms with Crippen LogP contribution in [0.4, 0.5) is 18.9 Å². The van der Waals surface area contributed by atoms with Gasteiger partial charge in [-0.1, -0.05) is 6.07 Å². The minimum Gasteiger partial charge on any atom is -0.456 e. The Kier molecular flexibility index (Phi) is 4.12. The van der Waals surface area contributed by atoms with E-state index < -0.39 is 11.9 Å². The molecule has 1 aliphatic rings. The van der Waals surface area contributed by atoms with E-state index in [1.165, 1.54) is 6.07 Å². The summed E-state index contributed by atoms with van der Waals surface area (Å²) in [5.41, 5.74) is 5.94. The van der Waals surface area contributed by atoms with Crippen molar-refractivity contribution in [3.05, 3.63) is 48.3 Å².